The molecular formula is C13H26O4Si. The Labute approximate surface area is 112 Å². The number of aliphatic carboxylic acids is 1. The van der Waals surface area contributed by atoms with Gasteiger partial charge < -0.3 is 14.6 Å². The lowest BCUT2D eigenvalue weighted by Crippen LogP contribution is -2.33. The molecule has 1 N–H and O–H groups in total. The third-order valence-corrected chi connectivity index (χ3v) is 4.99. The van der Waals surface area contributed by atoms with Crippen molar-refractivity contribution in [1.82, 2.24) is 0 Å². The Bertz CT molecular complexity index is 266. The number of carbonyl (C=O) groups is 1. The summed E-state index contributed by atoms with van der Waals surface area (Å²) in [5.41, 5.74) is 0.305. The van der Waals surface area contributed by atoms with E-state index in [0.717, 1.165) is 6.42 Å². The van der Waals surface area contributed by atoms with E-state index in [4.69, 9.17) is 14.6 Å². The predicted molar refractivity (Wildman–Crippen MR) is 75.6 cm³/mol. The van der Waals surface area contributed by atoms with Gasteiger partial charge in [-0.25, -0.2) is 4.79 Å². The first-order chi connectivity index (χ1) is 8.27. The Morgan fingerprint density at radius 1 is 1.22 bits per heavy atom. The number of carboxylic acids is 1. The molecule has 0 aliphatic heterocycles. The largest absolute Gasteiger partial charge is 0.478 e. The van der Waals surface area contributed by atoms with Crippen LogP contribution in [0, 0.1) is 0 Å². The van der Waals surface area contributed by atoms with Crippen LogP contribution in [0.1, 0.15) is 41.0 Å². The lowest BCUT2D eigenvalue weighted by molar-refractivity contribution is -0.135. The molecule has 0 aromatic rings. The van der Waals surface area contributed by atoms with Crippen molar-refractivity contribution in [2.45, 2.75) is 64.7 Å². The highest BCUT2D eigenvalue weighted by atomic mass is 28.2. The Kier molecular flexibility index (Phi) is 8.14. The molecule has 0 aliphatic rings. The predicted octanol–water partition coefficient (Wildman–Crippen LogP) is 2.13. The summed E-state index contributed by atoms with van der Waals surface area (Å²) in [7, 11) is -0.861. The van der Waals surface area contributed by atoms with Crippen LogP contribution in [0.4, 0.5) is 0 Å². The van der Waals surface area contributed by atoms with Gasteiger partial charge in [-0.05, 0) is 33.2 Å². The monoisotopic (exact) mass is 274 g/mol. The number of hydrogen-bond donors (Lipinski definition) is 1. The Balaban J connectivity index is 4.60. The van der Waals surface area contributed by atoms with E-state index in [-0.39, 0.29) is 29.2 Å². The normalized spacial score (nSPS) is 14.0. The lowest BCUT2D eigenvalue weighted by atomic mass is 10.2. The van der Waals surface area contributed by atoms with Crippen LogP contribution in [0.15, 0.2) is 12.2 Å². The first kappa shape index (κ1) is 17.3. The van der Waals surface area contributed by atoms with Gasteiger partial charge >= 0.3 is 5.97 Å². The maximum absolute atomic E-state index is 11.0. The van der Waals surface area contributed by atoms with Crippen LogP contribution in [-0.2, 0) is 14.3 Å². The fraction of sp³-hybridized carbons (Fsp3) is 0.769. The van der Waals surface area contributed by atoms with E-state index in [1.165, 1.54) is 0 Å². The van der Waals surface area contributed by atoms with Crippen molar-refractivity contribution in [1.29, 1.82) is 0 Å². The van der Waals surface area contributed by atoms with Gasteiger partial charge in [0.1, 0.15) is 5.91 Å². The van der Waals surface area contributed by atoms with Gasteiger partial charge in [0, 0.05) is 5.57 Å². The van der Waals surface area contributed by atoms with Crippen LogP contribution in [0.3, 0.4) is 0 Å². The molecule has 1 atom stereocenters. The average Bonchev–Trinajstić information content (AvgIpc) is 2.22. The van der Waals surface area contributed by atoms with Gasteiger partial charge in [0.05, 0.1) is 21.7 Å². The molecule has 18 heavy (non-hydrogen) atoms. The summed E-state index contributed by atoms with van der Waals surface area (Å²) < 4.78 is 11.5. The minimum Gasteiger partial charge on any atom is -0.478 e. The maximum Gasteiger partial charge on any atom is 0.330 e. The van der Waals surface area contributed by atoms with Crippen molar-refractivity contribution in [3.8, 4) is 0 Å². The van der Waals surface area contributed by atoms with E-state index < -0.39 is 15.5 Å². The molecule has 0 fully saturated rings. The number of hydrogen-bond acceptors (Lipinski definition) is 3. The second-order valence-corrected chi connectivity index (χ2v) is 7.09. The number of carboxylic acid groups (broad SMARTS) is 1. The van der Waals surface area contributed by atoms with Crippen LogP contribution in [0.5, 0.6) is 0 Å². The zero-order valence-corrected chi connectivity index (χ0v) is 13.5. The molecule has 0 saturated heterocycles. The van der Waals surface area contributed by atoms with Crippen LogP contribution in [0.2, 0.25) is 5.54 Å². The third kappa shape index (κ3) is 6.93. The standard InChI is InChI=1S/C13H26O4Si/c1-7-11(10(6)12(14)15)18-13(16-8(2)3)17-9(4)5/h8-9,11,13H,6-7,18H2,1-5H3,(H,14,15). The summed E-state index contributed by atoms with van der Waals surface area (Å²) in [5.74, 6) is -1.16. The first-order valence-electron chi connectivity index (χ1n) is 6.50. The van der Waals surface area contributed by atoms with Gasteiger partial charge in [0.2, 0.25) is 0 Å². The van der Waals surface area contributed by atoms with Crippen molar-refractivity contribution in [3.05, 3.63) is 12.2 Å². The Morgan fingerprint density at radius 2 is 1.67 bits per heavy atom. The number of ether oxygens (including phenoxy) is 2. The van der Waals surface area contributed by atoms with E-state index >= 15 is 0 Å². The molecule has 4 nitrogen and oxygen atoms in total. The molecule has 5 heteroatoms. The summed E-state index contributed by atoms with van der Waals surface area (Å²) in [4.78, 5) is 11.0. The fourth-order valence-electron chi connectivity index (χ4n) is 1.71. The molecule has 106 valence electrons. The molecule has 0 saturated carbocycles. The van der Waals surface area contributed by atoms with E-state index in [1.807, 2.05) is 34.6 Å². The second kappa shape index (κ2) is 8.45. The summed E-state index contributed by atoms with van der Waals surface area (Å²) in [5, 5.41) is 9.00. The number of rotatable bonds is 9. The van der Waals surface area contributed by atoms with Crippen LogP contribution < -0.4 is 0 Å². The fourth-order valence-corrected chi connectivity index (χ4v) is 3.96. The molecule has 0 bridgehead atoms. The van der Waals surface area contributed by atoms with Crippen molar-refractivity contribution >= 4 is 15.5 Å². The molecule has 0 radical (unpaired) electrons. The molecule has 0 spiro atoms. The minimum absolute atomic E-state index is 0.0185. The highest BCUT2D eigenvalue weighted by Gasteiger charge is 2.24. The SMILES string of the molecule is C=C(C(=O)O)C(CC)[SiH2]C(OC(C)C)OC(C)C. The van der Waals surface area contributed by atoms with E-state index in [9.17, 15) is 4.79 Å². The summed E-state index contributed by atoms with van der Waals surface area (Å²) >= 11 is 0. The summed E-state index contributed by atoms with van der Waals surface area (Å²) in [6.45, 7) is 13.5. The quantitative estimate of drug-likeness (QED) is 0.397. The third-order valence-electron chi connectivity index (χ3n) is 2.59. The van der Waals surface area contributed by atoms with Crippen LogP contribution in [0.25, 0.3) is 0 Å². The zero-order valence-electron chi connectivity index (χ0n) is 12.1. The van der Waals surface area contributed by atoms with E-state index in [2.05, 4.69) is 6.58 Å². The Hall–Kier alpha value is -0.653. The van der Waals surface area contributed by atoms with Gasteiger partial charge in [0.25, 0.3) is 0 Å². The molecule has 0 heterocycles. The highest BCUT2D eigenvalue weighted by molar-refractivity contribution is 6.41. The van der Waals surface area contributed by atoms with E-state index in [0.29, 0.717) is 0 Å². The summed E-state index contributed by atoms with van der Waals surface area (Å²) in [6, 6.07) is 0. The zero-order chi connectivity index (χ0) is 14.3. The van der Waals surface area contributed by atoms with Crippen molar-refractivity contribution in [2.75, 3.05) is 0 Å². The van der Waals surface area contributed by atoms with Gasteiger partial charge in [-0.15, -0.1) is 0 Å². The molecule has 0 aromatic carbocycles. The van der Waals surface area contributed by atoms with Crippen LogP contribution >= 0.6 is 0 Å². The molecule has 0 aliphatic carbocycles. The molecule has 0 amide bonds. The van der Waals surface area contributed by atoms with Gasteiger partial charge in [-0.2, -0.15) is 0 Å². The minimum atomic E-state index is -0.915. The highest BCUT2D eigenvalue weighted by Crippen LogP contribution is 2.22. The van der Waals surface area contributed by atoms with Crippen molar-refractivity contribution in [3.63, 3.8) is 0 Å². The topological polar surface area (TPSA) is 55.8 Å². The Morgan fingerprint density at radius 3 is 1.94 bits per heavy atom. The summed E-state index contributed by atoms with van der Waals surface area (Å²) in [6.07, 6.45) is 0.935. The second-order valence-electron chi connectivity index (χ2n) is 4.97. The van der Waals surface area contributed by atoms with Crippen molar-refractivity contribution < 1.29 is 19.4 Å². The maximum atomic E-state index is 11.0. The smallest absolute Gasteiger partial charge is 0.330 e. The molecular weight excluding hydrogens is 248 g/mol. The molecule has 1 unspecified atom stereocenters. The lowest BCUT2D eigenvalue weighted by Gasteiger charge is -2.26. The van der Waals surface area contributed by atoms with Gasteiger partial charge in [0.15, 0.2) is 0 Å². The van der Waals surface area contributed by atoms with Gasteiger partial charge in [-0.1, -0.05) is 19.9 Å². The van der Waals surface area contributed by atoms with E-state index in [1.54, 1.807) is 0 Å². The van der Waals surface area contributed by atoms with Gasteiger partial charge in [-0.3, -0.25) is 0 Å². The first-order valence-corrected chi connectivity index (χ1v) is 8.14. The molecule has 0 aromatic heterocycles. The average molecular weight is 274 g/mol. The van der Waals surface area contributed by atoms with Crippen LogP contribution in [-0.4, -0.2) is 38.7 Å². The van der Waals surface area contributed by atoms with Crippen molar-refractivity contribution in [2.24, 2.45) is 0 Å². The molecule has 0 rings (SSSR count).